The second kappa shape index (κ2) is 8.72. The quantitative estimate of drug-likeness (QED) is 0.814. The van der Waals surface area contributed by atoms with Crippen molar-refractivity contribution in [3.63, 3.8) is 0 Å². The van der Waals surface area contributed by atoms with Crippen LogP contribution in [0.4, 0.5) is 14.9 Å². The van der Waals surface area contributed by atoms with Crippen molar-refractivity contribution in [2.75, 3.05) is 57.8 Å². The summed E-state index contributed by atoms with van der Waals surface area (Å²) < 4.78 is 13.7. The van der Waals surface area contributed by atoms with E-state index in [1.54, 1.807) is 12.1 Å². The molecule has 1 N–H and O–H groups in total. The zero-order chi connectivity index (χ0) is 16.7. The van der Waals surface area contributed by atoms with Crippen molar-refractivity contribution in [1.29, 1.82) is 0 Å². The van der Waals surface area contributed by atoms with E-state index in [2.05, 4.69) is 17.1 Å². The van der Waals surface area contributed by atoms with Gasteiger partial charge in [-0.05, 0) is 25.1 Å². The van der Waals surface area contributed by atoms with Crippen LogP contribution in [-0.4, -0.2) is 68.7 Å². The maximum Gasteiger partial charge on any atom is 0.317 e. The molecule has 0 unspecified atom stereocenters. The molecule has 1 aromatic carbocycles. The van der Waals surface area contributed by atoms with Gasteiger partial charge in [0.25, 0.3) is 0 Å². The van der Waals surface area contributed by atoms with E-state index in [9.17, 15) is 9.18 Å². The Labute approximate surface area is 138 Å². The van der Waals surface area contributed by atoms with Gasteiger partial charge in [-0.15, -0.1) is 0 Å². The van der Waals surface area contributed by atoms with Crippen molar-refractivity contribution in [3.05, 3.63) is 30.1 Å². The van der Waals surface area contributed by atoms with Crippen LogP contribution in [0.25, 0.3) is 0 Å². The van der Waals surface area contributed by atoms with Gasteiger partial charge < -0.3 is 20.0 Å². The fourth-order valence-electron chi connectivity index (χ4n) is 2.77. The van der Waals surface area contributed by atoms with Gasteiger partial charge in [-0.3, -0.25) is 0 Å². The third-order valence-corrected chi connectivity index (χ3v) is 4.32. The third-order valence-electron chi connectivity index (χ3n) is 4.32. The molecule has 23 heavy (non-hydrogen) atoms. The average molecular weight is 322 g/mol. The average Bonchev–Trinajstić information content (AvgIpc) is 2.58. The second-order valence-corrected chi connectivity index (χ2v) is 5.88. The highest BCUT2D eigenvalue weighted by atomic mass is 19.1. The van der Waals surface area contributed by atoms with Gasteiger partial charge in [0, 0.05) is 46.3 Å². The van der Waals surface area contributed by atoms with Crippen LogP contribution in [0, 0.1) is 5.82 Å². The van der Waals surface area contributed by atoms with Gasteiger partial charge in [0.2, 0.25) is 0 Å². The number of benzene rings is 1. The summed E-state index contributed by atoms with van der Waals surface area (Å²) >= 11 is 0. The van der Waals surface area contributed by atoms with Gasteiger partial charge in [-0.2, -0.15) is 0 Å². The number of para-hydroxylation sites is 1. The summed E-state index contributed by atoms with van der Waals surface area (Å²) in [5, 5.41) is 2.95. The number of amides is 2. The Morgan fingerprint density at radius 3 is 2.61 bits per heavy atom. The Balaban J connectivity index is 1.65. The summed E-state index contributed by atoms with van der Waals surface area (Å²) in [4.78, 5) is 18.2. The number of anilines is 1. The Kier molecular flexibility index (Phi) is 6.65. The fraction of sp³-hybridized carbons (Fsp3) is 0.588. The van der Waals surface area contributed by atoms with E-state index < -0.39 is 0 Å². The molecule has 0 atom stereocenters. The highest BCUT2D eigenvalue weighted by Crippen LogP contribution is 2.16. The molecule has 1 fully saturated rings. The van der Waals surface area contributed by atoms with Gasteiger partial charge in [0.15, 0.2) is 0 Å². The lowest BCUT2D eigenvalue weighted by atomic mass is 10.2. The van der Waals surface area contributed by atoms with Crippen LogP contribution < -0.4 is 10.2 Å². The fourth-order valence-corrected chi connectivity index (χ4v) is 2.77. The number of piperazine rings is 1. The predicted molar refractivity (Wildman–Crippen MR) is 91.4 cm³/mol. The smallest absolute Gasteiger partial charge is 0.317 e. The van der Waals surface area contributed by atoms with Crippen LogP contribution in [0.15, 0.2) is 24.3 Å². The lowest BCUT2D eigenvalue weighted by Crippen LogP contribution is -2.51. The van der Waals surface area contributed by atoms with Crippen LogP contribution in [0.1, 0.15) is 13.3 Å². The molecule has 128 valence electrons. The maximum atomic E-state index is 13.7. The summed E-state index contributed by atoms with van der Waals surface area (Å²) in [7, 11) is 1.87. The number of carbonyl (C=O) groups is 1. The maximum absolute atomic E-state index is 13.7. The molecule has 0 spiro atoms. The normalized spacial score (nSPS) is 15.5. The number of hydrogen-bond donors (Lipinski definition) is 1. The van der Waals surface area contributed by atoms with Gasteiger partial charge in [0.05, 0.1) is 5.69 Å². The second-order valence-electron chi connectivity index (χ2n) is 5.88. The van der Waals surface area contributed by atoms with E-state index in [0.717, 1.165) is 39.1 Å². The summed E-state index contributed by atoms with van der Waals surface area (Å²) in [6, 6.07) is 6.75. The molecule has 2 rings (SSSR count). The molecule has 0 saturated carbocycles. The van der Waals surface area contributed by atoms with Gasteiger partial charge in [-0.25, -0.2) is 9.18 Å². The van der Waals surface area contributed by atoms with Crippen LogP contribution >= 0.6 is 0 Å². The molecule has 6 heteroatoms. The monoisotopic (exact) mass is 322 g/mol. The van der Waals surface area contributed by atoms with Crippen molar-refractivity contribution < 1.29 is 9.18 Å². The predicted octanol–water partition coefficient (Wildman–Crippen LogP) is 2.00. The molecule has 0 radical (unpaired) electrons. The first-order chi connectivity index (χ1) is 11.1. The molecule has 0 aromatic heterocycles. The zero-order valence-electron chi connectivity index (χ0n) is 14.1. The number of rotatable bonds is 6. The number of carbonyl (C=O) groups excluding carboxylic acids is 1. The van der Waals surface area contributed by atoms with Crippen molar-refractivity contribution in [2.45, 2.75) is 13.3 Å². The van der Waals surface area contributed by atoms with Gasteiger partial charge >= 0.3 is 6.03 Å². The first-order valence-electron chi connectivity index (χ1n) is 8.32. The molecule has 1 aliphatic heterocycles. The molecule has 1 saturated heterocycles. The Morgan fingerprint density at radius 2 is 1.96 bits per heavy atom. The van der Waals surface area contributed by atoms with Crippen molar-refractivity contribution in [3.8, 4) is 0 Å². The van der Waals surface area contributed by atoms with E-state index in [0.29, 0.717) is 18.8 Å². The number of likely N-dealkylation sites (N-methyl/N-ethyl adjacent to an activating group) is 1. The number of urea groups is 1. The Bertz CT molecular complexity index is 503. The standard InChI is InChI=1S/C17H27FN4O/c1-3-21-11-13-22(14-12-21)17(23)19-9-6-10-20(2)16-8-5-4-7-15(16)18/h4-5,7-8H,3,6,9-14H2,1-2H3,(H,19,23). The van der Waals surface area contributed by atoms with Gasteiger partial charge in [0.1, 0.15) is 5.82 Å². The topological polar surface area (TPSA) is 38.8 Å². The highest BCUT2D eigenvalue weighted by molar-refractivity contribution is 5.74. The lowest BCUT2D eigenvalue weighted by molar-refractivity contribution is 0.143. The number of halogens is 1. The van der Waals surface area contributed by atoms with Crippen LogP contribution in [0.5, 0.6) is 0 Å². The third kappa shape index (κ3) is 5.10. The SMILES string of the molecule is CCN1CCN(C(=O)NCCCN(C)c2ccccc2F)CC1. The minimum Gasteiger partial charge on any atom is -0.372 e. The molecule has 0 aliphatic carbocycles. The highest BCUT2D eigenvalue weighted by Gasteiger charge is 2.19. The van der Waals surface area contributed by atoms with Crippen LogP contribution in [0.3, 0.4) is 0 Å². The molecule has 1 aliphatic rings. The number of nitrogens with zero attached hydrogens (tertiary/aromatic N) is 3. The summed E-state index contributed by atoms with van der Waals surface area (Å²) in [5.74, 6) is -0.215. The van der Waals surface area contributed by atoms with Crippen molar-refractivity contribution >= 4 is 11.7 Å². The minimum absolute atomic E-state index is 0.00861. The molecule has 1 heterocycles. The van der Waals surface area contributed by atoms with Crippen LogP contribution in [-0.2, 0) is 0 Å². The van der Waals surface area contributed by atoms with E-state index in [4.69, 9.17) is 0 Å². The zero-order valence-corrected chi connectivity index (χ0v) is 14.1. The van der Waals surface area contributed by atoms with Crippen LogP contribution in [0.2, 0.25) is 0 Å². The summed E-state index contributed by atoms with van der Waals surface area (Å²) in [5.41, 5.74) is 0.592. The van der Waals surface area contributed by atoms with Crippen molar-refractivity contribution in [2.24, 2.45) is 0 Å². The van der Waals surface area contributed by atoms with E-state index in [1.807, 2.05) is 22.9 Å². The first kappa shape index (κ1) is 17.5. The summed E-state index contributed by atoms with van der Waals surface area (Å²) in [6.07, 6.45) is 0.783. The number of hydrogen-bond acceptors (Lipinski definition) is 3. The largest absolute Gasteiger partial charge is 0.372 e. The van der Waals surface area contributed by atoms with Crippen molar-refractivity contribution in [1.82, 2.24) is 15.1 Å². The Hall–Kier alpha value is -1.82. The first-order valence-corrected chi connectivity index (χ1v) is 8.32. The van der Waals surface area contributed by atoms with E-state index >= 15 is 0 Å². The minimum atomic E-state index is -0.215. The Morgan fingerprint density at radius 1 is 1.26 bits per heavy atom. The molecule has 2 amide bonds. The molecule has 1 aromatic rings. The summed E-state index contributed by atoms with van der Waals surface area (Å²) in [6.45, 7) is 7.94. The lowest BCUT2D eigenvalue weighted by Gasteiger charge is -2.34. The molecule has 5 nitrogen and oxygen atoms in total. The van der Waals surface area contributed by atoms with E-state index in [1.165, 1.54) is 6.07 Å². The molecule has 0 bridgehead atoms. The van der Waals surface area contributed by atoms with E-state index in [-0.39, 0.29) is 11.8 Å². The number of nitrogens with one attached hydrogen (secondary N) is 1. The van der Waals surface area contributed by atoms with Gasteiger partial charge in [-0.1, -0.05) is 19.1 Å². The molecular weight excluding hydrogens is 295 g/mol. The molecular formula is C17H27FN4O.